The molecule has 1 aliphatic carbocycles. The zero-order valence-electron chi connectivity index (χ0n) is 10.1. The predicted octanol–water partition coefficient (Wildman–Crippen LogP) is 2.80. The highest BCUT2D eigenvalue weighted by Gasteiger charge is 2.21. The SMILES string of the molecule is COCCOCCOC1CCCCCC1I. The van der Waals surface area contributed by atoms with Crippen molar-refractivity contribution in [2.45, 2.75) is 42.1 Å². The van der Waals surface area contributed by atoms with E-state index in [0.717, 1.165) is 0 Å². The molecule has 0 N–H and O–H groups in total. The van der Waals surface area contributed by atoms with Crippen LogP contribution in [0.4, 0.5) is 0 Å². The molecular formula is C12H23IO3. The van der Waals surface area contributed by atoms with E-state index in [-0.39, 0.29) is 0 Å². The number of methoxy groups -OCH3 is 1. The molecule has 2 atom stereocenters. The number of halogens is 1. The summed E-state index contributed by atoms with van der Waals surface area (Å²) >= 11 is 2.53. The number of hydrogen-bond donors (Lipinski definition) is 0. The lowest BCUT2D eigenvalue weighted by Gasteiger charge is -2.20. The first-order valence-electron chi connectivity index (χ1n) is 6.17. The minimum Gasteiger partial charge on any atom is -0.382 e. The van der Waals surface area contributed by atoms with E-state index in [1.165, 1.54) is 32.1 Å². The molecule has 1 aliphatic rings. The van der Waals surface area contributed by atoms with Gasteiger partial charge in [0.15, 0.2) is 0 Å². The molecule has 0 amide bonds. The van der Waals surface area contributed by atoms with Crippen molar-refractivity contribution in [3.8, 4) is 0 Å². The van der Waals surface area contributed by atoms with E-state index in [1.54, 1.807) is 7.11 Å². The standard InChI is InChI=1S/C12H23IO3/c1-14-7-8-15-9-10-16-12-6-4-2-3-5-11(12)13/h11-12H,2-10H2,1H3. The highest BCUT2D eigenvalue weighted by atomic mass is 127. The van der Waals surface area contributed by atoms with E-state index in [2.05, 4.69) is 22.6 Å². The van der Waals surface area contributed by atoms with Crippen molar-refractivity contribution in [2.24, 2.45) is 0 Å². The Morgan fingerprint density at radius 2 is 1.75 bits per heavy atom. The molecule has 0 aromatic rings. The first-order chi connectivity index (χ1) is 7.84. The van der Waals surface area contributed by atoms with Gasteiger partial charge in [-0.1, -0.05) is 41.9 Å². The molecule has 1 rings (SSSR count). The Balaban J connectivity index is 2.01. The maximum absolute atomic E-state index is 5.88. The van der Waals surface area contributed by atoms with Crippen LogP contribution in [-0.2, 0) is 14.2 Å². The van der Waals surface area contributed by atoms with Crippen LogP contribution in [0.2, 0.25) is 0 Å². The van der Waals surface area contributed by atoms with Gasteiger partial charge in [0.25, 0.3) is 0 Å². The summed E-state index contributed by atoms with van der Waals surface area (Å²) < 4.78 is 16.8. The van der Waals surface area contributed by atoms with Crippen molar-refractivity contribution in [2.75, 3.05) is 33.5 Å². The number of alkyl halides is 1. The fraction of sp³-hybridized carbons (Fsp3) is 1.00. The van der Waals surface area contributed by atoms with E-state index >= 15 is 0 Å². The van der Waals surface area contributed by atoms with Gasteiger partial charge in [-0.2, -0.15) is 0 Å². The third kappa shape index (κ3) is 6.37. The molecule has 96 valence electrons. The monoisotopic (exact) mass is 342 g/mol. The Labute approximate surface area is 112 Å². The Morgan fingerprint density at radius 1 is 1.00 bits per heavy atom. The van der Waals surface area contributed by atoms with Crippen LogP contribution >= 0.6 is 22.6 Å². The van der Waals surface area contributed by atoms with Gasteiger partial charge < -0.3 is 14.2 Å². The first-order valence-corrected chi connectivity index (χ1v) is 7.41. The highest BCUT2D eigenvalue weighted by molar-refractivity contribution is 14.1. The van der Waals surface area contributed by atoms with Gasteiger partial charge in [0.05, 0.1) is 32.5 Å². The van der Waals surface area contributed by atoms with Crippen LogP contribution in [0.1, 0.15) is 32.1 Å². The lowest BCUT2D eigenvalue weighted by molar-refractivity contribution is -0.00740. The molecule has 0 bridgehead atoms. The zero-order valence-corrected chi connectivity index (χ0v) is 12.3. The molecule has 0 spiro atoms. The maximum atomic E-state index is 5.88. The summed E-state index contributed by atoms with van der Waals surface area (Å²) in [6, 6.07) is 0. The van der Waals surface area contributed by atoms with Crippen molar-refractivity contribution < 1.29 is 14.2 Å². The number of rotatable bonds is 7. The van der Waals surface area contributed by atoms with Crippen LogP contribution in [0.25, 0.3) is 0 Å². The summed E-state index contributed by atoms with van der Waals surface area (Å²) in [5, 5.41) is 0. The molecule has 0 aromatic heterocycles. The second-order valence-corrected chi connectivity index (χ2v) is 5.77. The topological polar surface area (TPSA) is 27.7 Å². The minimum atomic E-state index is 0.439. The number of hydrogen-bond acceptors (Lipinski definition) is 3. The van der Waals surface area contributed by atoms with Gasteiger partial charge in [-0.15, -0.1) is 0 Å². The van der Waals surface area contributed by atoms with Gasteiger partial charge in [-0.05, 0) is 12.8 Å². The molecule has 0 aliphatic heterocycles. The first kappa shape index (κ1) is 14.7. The third-order valence-corrected chi connectivity index (χ3v) is 4.29. The van der Waals surface area contributed by atoms with Gasteiger partial charge in [0, 0.05) is 11.0 Å². The Kier molecular flexibility index (Phi) is 8.82. The minimum absolute atomic E-state index is 0.439. The van der Waals surface area contributed by atoms with Crippen LogP contribution < -0.4 is 0 Å². The Hall–Kier alpha value is 0.610. The third-order valence-electron chi connectivity index (χ3n) is 2.86. The van der Waals surface area contributed by atoms with Crippen LogP contribution in [0.3, 0.4) is 0 Å². The predicted molar refractivity (Wildman–Crippen MR) is 73.3 cm³/mol. The lowest BCUT2D eigenvalue weighted by Crippen LogP contribution is -2.25. The van der Waals surface area contributed by atoms with Crippen LogP contribution in [0.15, 0.2) is 0 Å². The van der Waals surface area contributed by atoms with Crippen molar-refractivity contribution in [1.29, 1.82) is 0 Å². The smallest absolute Gasteiger partial charge is 0.0704 e. The normalized spacial score (nSPS) is 26.6. The molecule has 4 heteroatoms. The van der Waals surface area contributed by atoms with E-state index in [4.69, 9.17) is 14.2 Å². The fourth-order valence-corrected chi connectivity index (χ4v) is 2.93. The van der Waals surface area contributed by atoms with E-state index in [0.29, 0.717) is 36.5 Å². The molecule has 1 saturated carbocycles. The van der Waals surface area contributed by atoms with Crippen molar-refractivity contribution in [3.05, 3.63) is 0 Å². The summed E-state index contributed by atoms with van der Waals surface area (Å²) in [5.74, 6) is 0. The van der Waals surface area contributed by atoms with Gasteiger partial charge in [-0.3, -0.25) is 0 Å². The van der Waals surface area contributed by atoms with Gasteiger partial charge in [0.2, 0.25) is 0 Å². The fourth-order valence-electron chi connectivity index (χ4n) is 1.92. The zero-order chi connectivity index (χ0) is 11.6. The van der Waals surface area contributed by atoms with E-state index in [9.17, 15) is 0 Å². The van der Waals surface area contributed by atoms with E-state index < -0.39 is 0 Å². The molecule has 3 nitrogen and oxygen atoms in total. The molecule has 0 saturated heterocycles. The van der Waals surface area contributed by atoms with Crippen molar-refractivity contribution >= 4 is 22.6 Å². The highest BCUT2D eigenvalue weighted by Crippen LogP contribution is 2.26. The largest absolute Gasteiger partial charge is 0.382 e. The molecule has 16 heavy (non-hydrogen) atoms. The Morgan fingerprint density at radius 3 is 2.56 bits per heavy atom. The molecule has 1 fully saturated rings. The van der Waals surface area contributed by atoms with Gasteiger partial charge in [0.1, 0.15) is 0 Å². The molecule has 2 unspecified atom stereocenters. The Bertz CT molecular complexity index is 166. The van der Waals surface area contributed by atoms with Crippen molar-refractivity contribution in [3.63, 3.8) is 0 Å². The van der Waals surface area contributed by atoms with Crippen molar-refractivity contribution in [1.82, 2.24) is 0 Å². The second-order valence-electron chi connectivity index (χ2n) is 4.17. The summed E-state index contributed by atoms with van der Waals surface area (Å²) in [6.07, 6.45) is 6.99. The van der Waals surface area contributed by atoms with Gasteiger partial charge >= 0.3 is 0 Å². The lowest BCUT2D eigenvalue weighted by atomic mass is 10.1. The summed E-state index contributed by atoms with van der Waals surface area (Å²) in [5.41, 5.74) is 0. The van der Waals surface area contributed by atoms with E-state index in [1.807, 2.05) is 0 Å². The van der Waals surface area contributed by atoms with Crippen LogP contribution in [0, 0.1) is 0 Å². The summed E-state index contributed by atoms with van der Waals surface area (Å²) in [4.78, 5) is 0. The molecule has 0 radical (unpaired) electrons. The second kappa shape index (κ2) is 9.62. The molecule has 0 aromatic carbocycles. The van der Waals surface area contributed by atoms with Crippen LogP contribution in [-0.4, -0.2) is 43.6 Å². The average Bonchev–Trinajstić information content (AvgIpc) is 2.49. The molecule has 0 heterocycles. The maximum Gasteiger partial charge on any atom is 0.0704 e. The average molecular weight is 342 g/mol. The summed E-state index contributed by atoms with van der Waals surface area (Å²) in [6.45, 7) is 2.73. The molecular weight excluding hydrogens is 319 g/mol. The number of ether oxygens (including phenoxy) is 3. The van der Waals surface area contributed by atoms with Gasteiger partial charge in [-0.25, -0.2) is 0 Å². The summed E-state index contributed by atoms with van der Waals surface area (Å²) in [7, 11) is 1.69. The quantitative estimate of drug-likeness (QED) is 0.308. The van der Waals surface area contributed by atoms with Crippen LogP contribution in [0.5, 0.6) is 0 Å².